The predicted molar refractivity (Wildman–Crippen MR) is 61.3 cm³/mol. The van der Waals surface area contributed by atoms with E-state index in [4.69, 9.17) is 10.2 Å². The molecule has 4 nitrogen and oxygen atoms in total. The lowest BCUT2D eigenvalue weighted by Gasteiger charge is -2.14. The van der Waals surface area contributed by atoms with Crippen LogP contribution in [0.2, 0.25) is 0 Å². The Morgan fingerprint density at radius 1 is 1.06 bits per heavy atom. The first-order chi connectivity index (χ1) is 7.51. The summed E-state index contributed by atoms with van der Waals surface area (Å²) >= 11 is 0. The molecular weight excluding hydrogens is 208 g/mol. The van der Waals surface area contributed by atoms with E-state index >= 15 is 0 Å². The summed E-state index contributed by atoms with van der Waals surface area (Å²) in [6, 6.07) is 0. The van der Waals surface area contributed by atoms with Gasteiger partial charge in [0.05, 0.1) is 5.92 Å². The molecule has 2 unspecified atom stereocenters. The van der Waals surface area contributed by atoms with Crippen LogP contribution >= 0.6 is 0 Å². The molecule has 0 aromatic rings. The highest BCUT2D eigenvalue weighted by Gasteiger charge is 2.16. The van der Waals surface area contributed by atoms with Crippen molar-refractivity contribution in [2.24, 2.45) is 11.8 Å². The Morgan fingerprint density at radius 3 is 2.06 bits per heavy atom. The van der Waals surface area contributed by atoms with Crippen LogP contribution < -0.4 is 0 Å². The Bertz CT molecular complexity index is 225. The summed E-state index contributed by atoms with van der Waals surface area (Å²) in [6.07, 6.45) is 3.95. The molecular formula is C12H22O4. The van der Waals surface area contributed by atoms with Crippen molar-refractivity contribution in [1.82, 2.24) is 0 Å². The molecule has 0 saturated heterocycles. The second kappa shape index (κ2) is 8.13. The van der Waals surface area contributed by atoms with E-state index in [1.54, 1.807) is 0 Å². The van der Waals surface area contributed by atoms with Gasteiger partial charge in [0, 0.05) is 6.42 Å². The molecule has 0 bridgehead atoms. The largest absolute Gasteiger partial charge is 0.481 e. The number of aliphatic carboxylic acids is 2. The van der Waals surface area contributed by atoms with Crippen LogP contribution in [0.15, 0.2) is 0 Å². The third-order valence-corrected chi connectivity index (χ3v) is 3.05. The maximum absolute atomic E-state index is 10.8. The number of carboxylic acids is 2. The molecule has 0 rings (SSSR count). The molecule has 0 heterocycles. The van der Waals surface area contributed by atoms with E-state index in [-0.39, 0.29) is 18.3 Å². The van der Waals surface area contributed by atoms with Crippen molar-refractivity contribution in [2.45, 2.75) is 52.4 Å². The molecule has 0 spiro atoms. The molecule has 0 saturated carbocycles. The number of rotatable bonds is 9. The third kappa shape index (κ3) is 6.43. The molecule has 4 heteroatoms. The van der Waals surface area contributed by atoms with Gasteiger partial charge in [-0.25, -0.2) is 0 Å². The molecule has 0 aliphatic heterocycles. The van der Waals surface area contributed by atoms with Crippen LogP contribution in [0.4, 0.5) is 0 Å². The van der Waals surface area contributed by atoms with Gasteiger partial charge in [-0.2, -0.15) is 0 Å². The number of hydrogen-bond donors (Lipinski definition) is 2. The van der Waals surface area contributed by atoms with E-state index in [1.165, 1.54) is 0 Å². The van der Waals surface area contributed by atoms with Crippen molar-refractivity contribution in [3.63, 3.8) is 0 Å². The normalized spacial score (nSPS) is 14.4. The smallest absolute Gasteiger partial charge is 0.306 e. The van der Waals surface area contributed by atoms with Gasteiger partial charge in [-0.05, 0) is 25.2 Å². The molecule has 0 radical (unpaired) electrons. The summed E-state index contributed by atoms with van der Waals surface area (Å²) < 4.78 is 0. The molecule has 0 aliphatic rings. The monoisotopic (exact) mass is 230 g/mol. The quantitative estimate of drug-likeness (QED) is 0.638. The Labute approximate surface area is 96.7 Å². The zero-order chi connectivity index (χ0) is 12.6. The van der Waals surface area contributed by atoms with Crippen molar-refractivity contribution in [3.8, 4) is 0 Å². The first-order valence-corrected chi connectivity index (χ1v) is 5.95. The van der Waals surface area contributed by atoms with E-state index in [2.05, 4.69) is 0 Å². The molecule has 0 amide bonds. The van der Waals surface area contributed by atoms with E-state index in [1.807, 2.05) is 13.8 Å². The van der Waals surface area contributed by atoms with Crippen molar-refractivity contribution < 1.29 is 19.8 Å². The fourth-order valence-corrected chi connectivity index (χ4v) is 1.85. The lowest BCUT2D eigenvalue weighted by atomic mass is 9.92. The van der Waals surface area contributed by atoms with E-state index in [0.29, 0.717) is 12.8 Å². The van der Waals surface area contributed by atoms with E-state index in [9.17, 15) is 9.59 Å². The van der Waals surface area contributed by atoms with Crippen LogP contribution in [0.3, 0.4) is 0 Å². The minimum Gasteiger partial charge on any atom is -0.481 e. The maximum Gasteiger partial charge on any atom is 0.306 e. The van der Waals surface area contributed by atoms with E-state index < -0.39 is 11.9 Å². The molecule has 0 fully saturated rings. The van der Waals surface area contributed by atoms with Crippen LogP contribution in [-0.4, -0.2) is 22.2 Å². The SMILES string of the molecule is CCC(CCCC(CC)C(=O)O)CC(=O)O. The Morgan fingerprint density at radius 2 is 1.69 bits per heavy atom. The molecule has 94 valence electrons. The minimum atomic E-state index is -0.767. The van der Waals surface area contributed by atoms with Crippen LogP contribution in [0.25, 0.3) is 0 Å². The van der Waals surface area contributed by atoms with Gasteiger partial charge >= 0.3 is 11.9 Å². The number of carboxylic acid groups (broad SMARTS) is 2. The van der Waals surface area contributed by atoms with Gasteiger partial charge in [-0.15, -0.1) is 0 Å². The zero-order valence-corrected chi connectivity index (χ0v) is 10.1. The van der Waals surface area contributed by atoms with Gasteiger partial charge in [-0.1, -0.05) is 26.7 Å². The molecule has 2 atom stereocenters. The van der Waals surface area contributed by atoms with Gasteiger partial charge in [0.25, 0.3) is 0 Å². The zero-order valence-electron chi connectivity index (χ0n) is 10.1. The third-order valence-electron chi connectivity index (χ3n) is 3.05. The van der Waals surface area contributed by atoms with Gasteiger partial charge < -0.3 is 10.2 Å². The summed E-state index contributed by atoms with van der Waals surface area (Å²) in [6.45, 7) is 3.84. The summed E-state index contributed by atoms with van der Waals surface area (Å²) in [5, 5.41) is 17.5. The Kier molecular flexibility index (Phi) is 7.60. The second-order valence-corrected chi connectivity index (χ2v) is 4.25. The van der Waals surface area contributed by atoms with E-state index in [0.717, 1.165) is 19.3 Å². The highest BCUT2D eigenvalue weighted by atomic mass is 16.4. The first kappa shape index (κ1) is 14.9. The Hall–Kier alpha value is -1.06. The molecule has 0 aromatic carbocycles. The van der Waals surface area contributed by atoms with Crippen molar-refractivity contribution in [3.05, 3.63) is 0 Å². The van der Waals surface area contributed by atoms with Crippen molar-refractivity contribution in [1.29, 1.82) is 0 Å². The average Bonchev–Trinajstić information content (AvgIpc) is 2.21. The standard InChI is InChI=1S/C12H22O4/c1-3-9(8-11(13)14)6-5-7-10(4-2)12(15)16/h9-10H,3-8H2,1-2H3,(H,13,14)(H,15,16). The first-order valence-electron chi connectivity index (χ1n) is 5.95. The highest BCUT2D eigenvalue weighted by Crippen LogP contribution is 2.20. The molecule has 16 heavy (non-hydrogen) atoms. The maximum atomic E-state index is 10.8. The van der Waals surface area contributed by atoms with Gasteiger partial charge in [-0.3, -0.25) is 9.59 Å². The van der Waals surface area contributed by atoms with Crippen LogP contribution in [0.5, 0.6) is 0 Å². The average molecular weight is 230 g/mol. The van der Waals surface area contributed by atoms with Gasteiger partial charge in [0.2, 0.25) is 0 Å². The minimum absolute atomic E-state index is 0.184. The van der Waals surface area contributed by atoms with Crippen LogP contribution in [-0.2, 0) is 9.59 Å². The molecule has 2 N–H and O–H groups in total. The number of carbonyl (C=O) groups is 2. The van der Waals surface area contributed by atoms with Crippen LogP contribution in [0.1, 0.15) is 52.4 Å². The summed E-state index contributed by atoms with van der Waals surface area (Å²) in [5.41, 5.74) is 0. The highest BCUT2D eigenvalue weighted by molar-refractivity contribution is 5.69. The fraction of sp³-hybridized carbons (Fsp3) is 0.833. The lowest BCUT2D eigenvalue weighted by Crippen LogP contribution is -2.13. The number of hydrogen-bond acceptors (Lipinski definition) is 2. The summed E-state index contributed by atoms with van der Waals surface area (Å²) in [7, 11) is 0. The molecule has 0 aliphatic carbocycles. The van der Waals surface area contributed by atoms with Crippen LogP contribution in [0, 0.1) is 11.8 Å². The summed E-state index contributed by atoms with van der Waals surface area (Å²) in [4.78, 5) is 21.3. The predicted octanol–water partition coefficient (Wildman–Crippen LogP) is 2.77. The summed E-state index contributed by atoms with van der Waals surface area (Å²) in [5.74, 6) is -1.60. The lowest BCUT2D eigenvalue weighted by molar-refractivity contribution is -0.142. The van der Waals surface area contributed by atoms with Crippen molar-refractivity contribution in [2.75, 3.05) is 0 Å². The van der Waals surface area contributed by atoms with Gasteiger partial charge in [0.15, 0.2) is 0 Å². The van der Waals surface area contributed by atoms with Crippen molar-refractivity contribution >= 4 is 11.9 Å². The topological polar surface area (TPSA) is 74.6 Å². The second-order valence-electron chi connectivity index (χ2n) is 4.25. The fourth-order valence-electron chi connectivity index (χ4n) is 1.85. The Balaban J connectivity index is 3.84. The van der Waals surface area contributed by atoms with Gasteiger partial charge in [0.1, 0.15) is 0 Å². The molecule has 0 aromatic heterocycles.